The lowest BCUT2D eigenvalue weighted by molar-refractivity contribution is 0.310. The third-order valence-corrected chi connectivity index (χ3v) is 2.32. The van der Waals surface area contributed by atoms with Crippen LogP contribution in [0.3, 0.4) is 0 Å². The molecule has 0 saturated carbocycles. The summed E-state index contributed by atoms with van der Waals surface area (Å²) in [6.45, 7) is 1.64. The van der Waals surface area contributed by atoms with Crippen molar-refractivity contribution >= 4 is 0 Å². The van der Waals surface area contributed by atoms with Crippen LogP contribution >= 0.6 is 0 Å². The zero-order valence-corrected chi connectivity index (χ0v) is 9.36. The molecular formula is C11H19N3O. The van der Waals surface area contributed by atoms with Gasteiger partial charge in [-0.3, -0.25) is 10.7 Å². The van der Waals surface area contributed by atoms with E-state index in [4.69, 9.17) is 10.6 Å². The molecule has 0 aliphatic rings. The van der Waals surface area contributed by atoms with Crippen LogP contribution in [-0.2, 0) is 6.42 Å². The number of para-hydroxylation sites is 1. The molecule has 0 amide bonds. The second-order valence-corrected chi connectivity index (χ2v) is 3.50. The number of hydrazine groups is 1. The molecule has 3 N–H and O–H groups in total. The Morgan fingerprint density at radius 1 is 1.40 bits per heavy atom. The van der Waals surface area contributed by atoms with Crippen LogP contribution in [0.15, 0.2) is 24.3 Å². The summed E-state index contributed by atoms with van der Waals surface area (Å²) in [4.78, 5) is 2.12. The Labute approximate surface area is 91.0 Å². The monoisotopic (exact) mass is 209 g/mol. The molecule has 84 valence electrons. The van der Waals surface area contributed by atoms with Crippen molar-refractivity contribution in [1.82, 2.24) is 10.3 Å². The lowest BCUT2D eigenvalue weighted by Crippen LogP contribution is -2.36. The zero-order valence-electron chi connectivity index (χ0n) is 9.36. The molecule has 1 aromatic carbocycles. The average Bonchev–Trinajstić information content (AvgIpc) is 2.27. The molecule has 0 aromatic heterocycles. The van der Waals surface area contributed by atoms with E-state index in [1.165, 1.54) is 5.56 Å². The largest absolute Gasteiger partial charge is 0.496 e. The van der Waals surface area contributed by atoms with Crippen LogP contribution in [0.4, 0.5) is 0 Å². The molecule has 4 nitrogen and oxygen atoms in total. The van der Waals surface area contributed by atoms with Gasteiger partial charge in [-0.1, -0.05) is 18.2 Å². The third kappa shape index (κ3) is 3.87. The molecule has 0 unspecified atom stereocenters. The van der Waals surface area contributed by atoms with Gasteiger partial charge in [-0.2, -0.15) is 0 Å². The zero-order chi connectivity index (χ0) is 11.1. The number of methoxy groups -OCH3 is 1. The van der Waals surface area contributed by atoms with Crippen LogP contribution in [-0.4, -0.2) is 32.3 Å². The molecule has 0 radical (unpaired) electrons. The smallest absolute Gasteiger partial charge is 0.122 e. The summed E-state index contributed by atoms with van der Waals surface area (Å²) in [5, 5.41) is 0. The molecule has 0 aliphatic carbocycles. The average molecular weight is 209 g/mol. The standard InChI is InChI=1S/C11H19N3O/c1-14(9-13-12)8-7-10-5-3-4-6-11(10)15-2/h3-6,13H,7-9,12H2,1-2H3. The van der Waals surface area contributed by atoms with Crippen LogP contribution in [0, 0.1) is 0 Å². The molecule has 0 atom stereocenters. The molecule has 0 saturated heterocycles. The maximum Gasteiger partial charge on any atom is 0.122 e. The number of benzene rings is 1. The summed E-state index contributed by atoms with van der Waals surface area (Å²) in [6.07, 6.45) is 0.961. The van der Waals surface area contributed by atoms with Gasteiger partial charge in [-0.05, 0) is 25.1 Å². The number of nitrogens with one attached hydrogen (secondary N) is 1. The number of nitrogens with zero attached hydrogens (tertiary/aromatic N) is 1. The van der Waals surface area contributed by atoms with Gasteiger partial charge in [0.1, 0.15) is 5.75 Å². The second-order valence-electron chi connectivity index (χ2n) is 3.50. The van der Waals surface area contributed by atoms with E-state index in [2.05, 4.69) is 16.4 Å². The molecule has 1 aromatic rings. The highest BCUT2D eigenvalue weighted by Gasteiger charge is 2.03. The Morgan fingerprint density at radius 2 is 2.13 bits per heavy atom. The quantitative estimate of drug-likeness (QED) is 0.409. The van der Waals surface area contributed by atoms with Crippen molar-refractivity contribution in [3.05, 3.63) is 29.8 Å². The van der Waals surface area contributed by atoms with E-state index in [0.717, 1.165) is 18.7 Å². The summed E-state index contributed by atoms with van der Waals surface area (Å²) in [6, 6.07) is 8.07. The van der Waals surface area contributed by atoms with Crippen molar-refractivity contribution in [3.8, 4) is 5.75 Å². The van der Waals surface area contributed by atoms with Gasteiger partial charge in [-0.25, -0.2) is 5.43 Å². The van der Waals surface area contributed by atoms with E-state index in [1.54, 1.807) is 7.11 Å². The van der Waals surface area contributed by atoms with Crippen LogP contribution < -0.4 is 16.0 Å². The number of hydrogen-bond acceptors (Lipinski definition) is 4. The molecule has 15 heavy (non-hydrogen) atoms. The molecule has 1 rings (SSSR count). The Bertz CT molecular complexity index is 291. The van der Waals surface area contributed by atoms with Gasteiger partial charge >= 0.3 is 0 Å². The summed E-state index contributed by atoms with van der Waals surface area (Å²) in [7, 11) is 3.72. The molecule has 4 heteroatoms. The van der Waals surface area contributed by atoms with Gasteiger partial charge in [0.05, 0.1) is 13.8 Å². The second kappa shape index (κ2) is 6.40. The maximum absolute atomic E-state index is 5.28. The van der Waals surface area contributed by atoms with Crippen LogP contribution in [0.25, 0.3) is 0 Å². The predicted molar refractivity (Wildman–Crippen MR) is 61.5 cm³/mol. The van der Waals surface area contributed by atoms with E-state index >= 15 is 0 Å². The molecule has 0 bridgehead atoms. The molecule has 0 aliphatic heterocycles. The van der Waals surface area contributed by atoms with E-state index in [1.807, 2.05) is 25.2 Å². The van der Waals surface area contributed by atoms with E-state index < -0.39 is 0 Å². The topological polar surface area (TPSA) is 50.5 Å². The number of hydrogen-bond donors (Lipinski definition) is 2. The van der Waals surface area contributed by atoms with Gasteiger partial charge in [0.15, 0.2) is 0 Å². The van der Waals surface area contributed by atoms with Gasteiger partial charge < -0.3 is 4.74 Å². The summed E-state index contributed by atoms with van der Waals surface area (Å²) in [5.41, 5.74) is 3.85. The highest BCUT2D eigenvalue weighted by Crippen LogP contribution is 2.17. The predicted octanol–water partition coefficient (Wildman–Crippen LogP) is 0.590. The highest BCUT2D eigenvalue weighted by molar-refractivity contribution is 5.33. The van der Waals surface area contributed by atoms with E-state index in [-0.39, 0.29) is 0 Å². The van der Waals surface area contributed by atoms with Crippen molar-refractivity contribution in [2.75, 3.05) is 27.4 Å². The van der Waals surface area contributed by atoms with Crippen molar-refractivity contribution in [2.45, 2.75) is 6.42 Å². The minimum Gasteiger partial charge on any atom is -0.496 e. The van der Waals surface area contributed by atoms with Gasteiger partial charge in [0, 0.05) is 6.54 Å². The maximum atomic E-state index is 5.28. The Hall–Kier alpha value is -1.10. The van der Waals surface area contributed by atoms with Gasteiger partial charge in [0.25, 0.3) is 0 Å². The van der Waals surface area contributed by atoms with E-state index in [9.17, 15) is 0 Å². The first-order valence-electron chi connectivity index (χ1n) is 5.02. The summed E-state index contributed by atoms with van der Waals surface area (Å²) >= 11 is 0. The fraction of sp³-hybridized carbons (Fsp3) is 0.455. The Morgan fingerprint density at radius 3 is 2.80 bits per heavy atom. The first-order chi connectivity index (χ1) is 7.27. The van der Waals surface area contributed by atoms with Crippen LogP contribution in [0.5, 0.6) is 5.75 Å². The minimum absolute atomic E-state index is 0.690. The van der Waals surface area contributed by atoms with Gasteiger partial charge in [-0.15, -0.1) is 0 Å². The normalized spacial score (nSPS) is 10.7. The van der Waals surface area contributed by atoms with E-state index in [0.29, 0.717) is 6.67 Å². The first kappa shape index (κ1) is 12.0. The van der Waals surface area contributed by atoms with Crippen molar-refractivity contribution in [1.29, 1.82) is 0 Å². The lowest BCUT2D eigenvalue weighted by Gasteiger charge is -2.16. The SMILES string of the molecule is COc1ccccc1CCN(C)CNN. The summed E-state index contributed by atoms with van der Waals surface area (Å²) < 4.78 is 5.28. The first-order valence-corrected chi connectivity index (χ1v) is 5.02. The van der Waals surface area contributed by atoms with Crippen LogP contribution in [0.2, 0.25) is 0 Å². The number of likely N-dealkylation sites (N-methyl/N-ethyl adjacent to an activating group) is 1. The number of nitrogens with two attached hydrogens (primary N) is 1. The van der Waals surface area contributed by atoms with Gasteiger partial charge in [0.2, 0.25) is 0 Å². The number of ether oxygens (including phenoxy) is 1. The van der Waals surface area contributed by atoms with Crippen molar-refractivity contribution in [2.24, 2.45) is 5.84 Å². The minimum atomic E-state index is 0.690. The third-order valence-electron chi connectivity index (χ3n) is 2.32. The fourth-order valence-electron chi connectivity index (χ4n) is 1.46. The fourth-order valence-corrected chi connectivity index (χ4v) is 1.46. The van der Waals surface area contributed by atoms with Crippen molar-refractivity contribution in [3.63, 3.8) is 0 Å². The van der Waals surface area contributed by atoms with Crippen LogP contribution in [0.1, 0.15) is 5.56 Å². The number of rotatable bonds is 6. The highest BCUT2D eigenvalue weighted by atomic mass is 16.5. The molecule has 0 heterocycles. The lowest BCUT2D eigenvalue weighted by atomic mass is 10.1. The molecule has 0 fully saturated rings. The van der Waals surface area contributed by atoms with Crippen molar-refractivity contribution < 1.29 is 4.74 Å². The molecule has 0 spiro atoms. The Balaban J connectivity index is 2.49. The summed E-state index contributed by atoms with van der Waals surface area (Å²) in [5.74, 6) is 6.19. The Kier molecular flexibility index (Phi) is 5.10. The molecular weight excluding hydrogens is 190 g/mol.